The lowest BCUT2D eigenvalue weighted by Gasteiger charge is -2.17. The van der Waals surface area contributed by atoms with Gasteiger partial charge in [0.25, 0.3) is 10.0 Å². The van der Waals surface area contributed by atoms with Crippen LogP contribution in [-0.2, 0) is 16.4 Å². The summed E-state index contributed by atoms with van der Waals surface area (Å²) in [4.78, 5) is 1.08. The summed E-state index contributed by atoms with van der Waals surface area (Å²) in [5.41, 5.74) is 0. The molecule has 6 heteroatoms. The van der Waals surface area contributed by atoms with Crippen molar-refractivity contribution in [3.05, 3.63) is 17.0 Å². The van der Waals surface area contributed by atoms with Crippen LogP contribution in [0.25, 0.3) is 0 Å². The summed E-state index contributed by atoms with van der Waals surface area (Å²) in [5, 5.41) is 3.32. The van der Waals surface area contributed by atoms with Gasteiger partial charge in [-0.2, -0.15) is 4.31 Å². The fourth-order valence-corrected chi connectivity index (χ4v) is 4.86. The molecule has 1 heterocycles. The van der Waals surface area contributed by atoms with Gasteiger partial charge in [-0.15, -0.1) is 17.8 Å². The lowest BCUT2D eigenvalue weighted by atomic mass is 10.3. The topological polar surface area (TPSA) is 49.4 Å². The molecule has 0 spiro atoms. The van der Waals surface area contributed by atoms with Crippen molar-refractivity contribution in [3.8, 4) is 12.3 Å². The van der Waals surface area contributed by atoms with Crippen molar-refractivity contribution in [1.29, 1.82) is 0 Å². The van der Waals surface area contributed by atoms with E-state index in [2.05, 4.69) is 18.2 Å². The summed E-state index contributed by atoms with van der Waals surface area (Å²) >= 11 is 1.34. The summed E-state index contributed by atoms with van der Waals surface area (Å²) in [6.45, 7) is 6.51. The first-order valence-electron chi connectivity index (χ1n) is 7.29. The molecule has 0 bridgehead atoms. The van der Waals surface area contributed by atoms with E-state index in [1.807, 2.05) is 13.0 Å². The monoisotopic (exact) mass is 328 g/mol. The summed E-state index contributed by atoms with van der Waals surface area (Å²) in [7, 11) is -3.45. The molecule has 4 nitrogen and oxygen atoms in total. The van der Waals surface area contributed by atoms with Gasteiger partial charge in [-0.25, -0.2) is 8.42 Å². The van der Waals surface area contributed by atoms with Crippen molar-refractivity contribution in [2.45, 2.75) is 37.3 Å². The molecule has 1 aromatic heterocycles. The van der Waals surface area contributed by atoms with Crippen LogP contribution in [0.3, 0.4) is 0 Å². The molecule has 0 aromatic carbocycles. The molecule has 1 aromatic rings. The van der Waals surface area contributed by atoms with E-state index in [9.17, 15) is 8.42 Å². The van der Waals surface area contributed by atoms with E-state index < -0.39 is 10.0 Å². The number of hydrogen-bond acceptors (Lipinski definition) is 4. The van der Waals surface area contributed by atoms with Gasteiger partial charge in [0.1, 0.15) is 4.21 Å². The lowest BCUT2D eigenvalue weighted by molar-refractivity contribution is 0.447. The van der Waals surface area contributed by atoms with Crippen molar-refractivity contribution >= 4 is 21.4 Å². The minimum Gasteiger partial charge on any atom is -0.316 e. The number of nitrogens with one attached hydrogen (secondary N) is 1. The minimum atomic E-state index is -3.45. The Balaban J connectivity index is 2.75. The second-order valence-corrected chi connectivity index (χ2v) is 8.10. The van der Waals surface area contributed by atoms with Crippen LogP contribution in [0.4, 0.5) is 0 Å². The standard InChI is InChI=1S/C15H24N2O2S2/c1-4-10-16-11-9-14-7-8-15(20-14)21(18,19)17(12-5-2)13-6-3/h2,7-8,16H,4,6,9-13H2,1,3H3. The normalized spacial score (nSPS) is 11.7. The first-order chi connectivity index (χ1) is 10.1. The first kappa shape index (κ1) is 18.2. The maximum absolute atomic E-state index is 12.5. The van der Waals surface area contributed by atoms with Gasteiger partial charge in [0.2, 0.25) is 0 Å². The summed E-state index contributed by atoms with van der Waals surface area (Å²) in [5.74, 6) is 2.42. The van der Waals surface area contributed by atoms with Crippen LogP contribution in [0.15, 0.2) is 16.3 Å². The molecule has 0 saturated heterocycles. The zero-order chi connectivity index (χ0) is 15.7. The molecule has 0 fully saturated rings. The van der Waals surface area contributed by atoms with Crippen molar-refractivity contribution in [1.82, 2.24) is 9.62 Å². The van der Waals surface area contributed by atoms with E-state index in [-0.39, 0.29) is 6.54 Å². The summed E-state index contributed by atoms with van der Waals surface area (Å²) in [6, 6.07) is 3.58. The van der Waals surface area contributed by atoms with E-state index in [0.717, 1.165) is 37.2 Å². The van der Waals surface area contributed by atoms with E-state index >= 15 is 0 Å². The maximum atomic E-state index is 12.5. The Bertz CT molecular complexity index is 558. The zero-order valence-electron chi connectivity index (χ0n) is 12.8. The van der Waals surface area contributed by atoms with Crippen molar-refractivity contribution in [3.63, 3.8) is 0 Å². The van der Waals surface area contributed by atoms with Crippen LogP contribution >= 0.6 is 11.3 Å². The van der Waals surface area contributed by atoms with Crippen LogP contribution < -0.4 is 5.32 Å². The number of rotatable bonds is 10. The van der Waals surface area contributed by atoms with E-state index in [1.165, 1.54) is 15.6 Å². The number of terminal acetylenes is 1. The quantitative estimate of drug-likeness (QED) is 0.530. The number of hydrogen-bond donors (Lipinski definition) is 1. The predicted octanol–water partition coefficient (Wildman–Crippen LogP) is 2.32. The molecule has 0 radical (unpaired) electrons. The first-order valence-corrected chi connectivity index (χ1v) is 9.55. The van der Waals surface area contributed by atoms with Gasteiger partial charge in [-0.3, -0.25) is 0 Å². The van der Waals surface area contributed by atoms with E-state index in [4.69, 9.17) is 6.42 Å². The highest BCUT2D eigenvalue weighted by molar-refractivity contribution is 7.91. The number of nitrogens with zero attached hydrogens (tertiary/aromatic N) is 1. The van der Waals surface area contributed by atoms with E-state index in [1.54, 1.807) is 6.07 Å². The highest BCUT2D eigenvalue weighted by atomic mass is 32.2. The Morgan fingerprint density at radius 3 is 2.67 bits per heavy atom. The van der Waals surface area contributed by atoms with Gasteiger partial charge in [0, 0.05) is 11.4 Å². The van der Waals surface area contributed by atoms with Gasteiger partial charge in [-0.1, -0.05) is 19.8 Å². The van der Waals surface area contributed by atoms with E-state index in [0.29, 0.717) is 10.8 Å². The van der Waals surface area contributed by atoms with Gasteiger partial charge in [0.15, 0.2) is 0 Å². The lowest BCUT2D eigenvalue weighted by Crippen LogP contribution is -2.31. The van der Waals surface area contributed by atoms with Gasteiger partial charge in [0.05, 0.1) is 6.54 Å². The van der Waals surface area contributed by atoms with Crippen LogP contribution in [0, 0.1) is 12.3 Å². The Kier molecular flexibility index (Phi) is 7.97. The fourth-order valence-electron chi connectivity index (χ4n) is 1.91. The van der Waals surface area contributed by atoms with Crippen LogP contribution in [0.2, 0.25) is 0 Å². The fraction of sp³-hybridized carbons (Fsp3) is 0.600. The summed E-state index contributed by atoms with van der Waals surface area (Å²) in [6.07, 6.45) is 7.97. The molecule has 1 rings (SSSR count). The molecule has 0 amide bonds. The Morgan fingerprint density at radius 2 is 2.05 bits per heavy atom. The molecular weight excluding hydrogens is 304 g/mol. The molecule has 0 aliphatic rings. The second kappa shape index (κ2) is 9.21. The molecular formula is C15H24N2O2S2. The molecule has 21 heavy (non-hydrogen) atoms. The molecule has 0 unspecified atom stereocenters. The average Bonchev–Trinajstić information content (AvgIpc) is 2.93. The Morgan fingerprint density at radius 1 is 1.29 bits per heavy atom. The molecule has 118 valence electrons. The predicted molar refractivity (Wildman–Crippen MR) is 89.1 cm³/mol. The zero-order valence-corrected chi connectivity index (χ0v) is 14.4. The third kappa shape index (κ3) is 5.44. The SMILES string of the molecule is C#CCN(CCC)S(=O)(=O)c1ccc(CCNCCC)s1. The molecule has 1 N–H and O–H groups in total. The highest BCUT2D eigenvalue weighted by Crippen LogP contribution is 2.25. The van der Waals surface area contributed by atoms with Crippen LogP contribution in [0.1, 0.15) is 31.6 Å². The number of thiophene rings is 1. The molecule has 0 aliphatic carbocycles. The Hall–Kier alpha value is -0.870. The van der Waals surface area contributed by atoms with Gasteiger partial charge >= 0.3 is 0 Å². The minimum absolute atomic E-state index is 0.126. The van der Waals surface area contributed by atoms with Crippen molar-refractivity contribution < 1.29 is 8.42 Å². The van der Waals surface area contributed by atoms with Crippen molar-refractivity contribution in [2.75, 3.05) is 26.2 Å². The summed E-state index contributed by atoms with van der Waals surface area (Å²) < 4.78 is 26.8. The molecule has 0 aliphatic heterocycles. The largest absolute Gasteiger partial charge is 0.316 e. The van der Waals surface area contributed by atoms with Crippen LogP contribution in [-0.4, -0.2) is 38.9 Å². The van der Waals surface area contributed by atoms with Gasteiger partial charge in [-0.05, 0) is 44.5 Å². The van der Waals surface area contributed by atoms with Crippen molar-refractivity contribution in [2.24, 2.45) is 0 Å². The van der Waals surface area contributed by atoms with Gasteiger partial charge < -0.3 is 5.32 Å². The Labute approximate surface area is 132 Å². The second-order valence-electron chi connectivity index (χ2n) is 4.76. The molecule has 0 saturated carbocycles. The number of sulfonamides is 1. The third-order valence-corrected chi connectivity index (χ3v) is 6.40. The average molecular weight is 329 g/mol. The smallest absolute Gasteiger partial charge is 0.253 e. The molecule has 0 atom stereocenters. The maximum Gasteiger partial charge on any atom is 0.253 e. The van der Waals surface area contributed by atoms with Crippen LogP contribution in [0.5, 0.6) is 0 Å². The third-order valence-electron chi connectivity index (χ3n) is 2.95. The highest BCUT2D eigenvalue weighted by Gasteiger charge is 2.24.